The molecule has 1 atom stereocenters. The van der Waals surface area contributed by atoms with E-state index in [2.05, 4.69) is 10.3 Å². The first kappa shape index (κ1) is 10.8. The maximum absolute atomic E-state index is 11.9. The molecule has 2 heterocycles. The second-order valence-electron chi connectivity index (χ2n) is 3.92. The first-order chi connectivity index (χ1) is 7.36. The average Bonchev–Trinajstić information content (AvgIpc) is 2.58. The molecule has 15 heavy (non-hydrogen) atoms. The van der Waals surface area contributed by atoms with Gasteiger partial charge in [0.1, 0.15) is 0 Å². The van der Waals surface area contributed by atoms with Crippen molar-refractivity contribution in [1.82, 2.24) is 10.3 Å². The predicted molar refractivity (Wildman–Crippen MR) is 61.1 cm³/mol. The molecule has 0 aromatic carbocycles. The van der Waals surface area contributed by atoms with Gasteiger partial charge >= 0.3 is 0 Å². The number of ketones is 1. The quantitative estimate of drug-likeness (QED) is 0.851. The fourth-order valence-corrected chi connectivity index (χ4v) is 2.54. The van der Waals surface area contributed by atoms with E-state index >= 15 is 0 Å². The number of rotatable bonds is 3. The van der Waals surface area contributed by atoms with E-state index in [-0.39, 0.29) is 6.04 Å². The highest BCUT2D eigenvalue weighted by Crippen LogP contribution is 2.12. The van der Waals surface area contributed by atoms with Crippen LogP contribution in [0.2, 0.25) is 0 Å². The maximum Gasteiger partial charge on any atom is 0.156 e. The fraction of sp³-hybridized carbons (Fsp3) is 0.636. The van der Waals surface area contributed by atoms with Crippen LogP contribution in [0.25, 0.3) is 0 Å². The Labute approximate surface area is 93.9 Å². The van der Waals surface area contributed by atoms with Crippen LogP contribution in [0, 0.1) is 0 Å². The number of hydrogen-bond acceptors (Lipinski definition) is 4. The lowest BCUT2D eigenvalue weighted by molar-refractivity contribution is -0.120. The first-order valence-corrected chi connectivity index (χ1v) is 6.39. The second-order valence-corrected chi connectivity index (χ2v) is 4.90. The summed E-state index contributed by atoms with van der Waals surface area (Å²) in [6.07, 6.45) is 6.85. The summed E-state index contributed by atoms with van der Waals surface area (Å²) in [5.41, 5.74) is 0. The van der Waals surface area contributed by atoms with E-state index in [1.807, 2.05) is 5.38 Å². The third-order valence-electron chi connectivity index (χ3n) is 2.76. The Morgan fingerprint density at radius 2 is 2.47 bits per heavy atom. The summed E-state index contributed by atoms with van der Waals surface area (Å²) in [6, 6.07) is 0.0661. The minimum Gasteiger partial charge on any atom is -0.307 e. The van der Waals surface area contributed by atoms with Gasteiger partial charge in [-0.15, -0.1) is 11.3 Å². The molecule has 1 aliphatic heterocycles. The van der Waals surface area contributed by atoms with Crippen LogP contribution in [0.15, 0.2) is 11.6 Å². The third-order valence-corrected chi connectivity index (χ3v) is 3.54. The largest absolute Gasteiger partial charge is 0.307 e. The van der Waals surface area contributed by atoms with Crippen LogP contribution >= 0.6 is 11.3 Å². The number of nitrogens with one attached hydrogen (secondary N) is 1. The number of carbonyl (C=O) groups excluding carboxylic acids is 1. The third kappa shape index (κ3) is 3.11. The zero-order valence-electron chi connectivity index (χ0n) is 8.74. The molecule has 4 heteroatoms. The Hall–Kier alpha value is -0.740. The highest BCUT2D eigenvalue weighted by Gasteiger charge is 2.19. The van der Waals surface area contributed by atoms with E-state index in [9.17, 15) is 4.79 Å². The summed E-state index contributed by atoms with van der Waals surface area (Å²) in [5.74, 6) is 0.298. The van der Waals surface area contributed by atoms with Crippen LogP contribution in [-0.4, -0.2) is 23.4 Å². The molecule has 1 fully saturated rings. The van der Waals surface area contributed by atoms with Gasteiger partial charge in [-0.1, -0.05) is 12.8 Å². The number of nitrogens with zero attached hydrogens (tertiary/aromatic N) is 1. The standard InChI is InChI=1S/C11H16N2OS/c14-10(8-11-13-6-7-15-11)9-4-2-1-3-5-12-9/h6-7,9,12H,1-5,8H2. The number of carbonyl (C=O) groups is 1. The Morgan fingerprint density at radius 3 is 3.27 bits per heavy atom. The van der Waals surface area contributed by atoms with E-state index in [1.165, 1.54) is 19.3 Å². The lowest BCUT2D eigenvalue weighted by atomic mass is 10.0. The van der Waals surface area contributed by atoms with Crippen molar-refractivity contribution >= 4 is 17.1 Å². The molecule has 2 rings (SSSR count). The maximum atomic E-state index is 11.9. The topological polar surface area (TPSA) is 42.0 Å². The number of Topliss-reactive ketones (excluding diaryl/α,β-unsaturated/α-hetero) is 1. The molecule has 1 aromatic rings. The summed E-state index contributed by atoms with van der Waals surface area (Å²) in [7, 11) is 0. The molecule has 3 nitrogen and oxygen atoms in total. The molecule has 1 aliphatic rings. The minimum absolute atomic E-state index is 0.0661. The highest BCUT2D eigenvalue weighted by molar-refractivity contribution is 7.09. The molecule has 0 aliphatic carbocycles. The Morgan fingerprint density at radius 1 is 1.53 bits per heavy atom. The molecular formula is C11H16N2OS. The van der Waals surface area contributed by atoms with Crippen LogP contribution in [0.3, 0.4) is 0 Å². The van der Waals surface area contributed by atoms with Crippen molar-refractivity contribution in [2.24, 2.45) is 0 Å². The number of aromatic nitrogens is 1. The van der Waals surface area contributed by atoms with Gasteiger partial charge in [0.05, 0.1) is 17.5 Å². The lowest BCUT2D eigenvalue weighted by Crippen LogP contribution is -2.36. The molecule has 0 saturated carbocycles. The number of hydrogen-bond donors (Lipinski definition) is 1. The van der Waals surface area contributed by atoms with E-state index < -0.39 is 0 Å². The zero-order valence-corrected chi connectivity index (χ0v) is 9.55. The van der Waals surface area contributed by atoms with E-state index in [0.29, 0.717) is 12.2 Å². The predicted octanol–water partition coefficient (Wildman–Crippen LogP) is 1.79. The van der Waals surface area contributed by atoms with Crippen molar-refractivity contribution in [2.75, 3.05) is 6.54 Å². The molecule has 0 radical (unpaired) electrons. The SMILES string of the molecule is O=C(Cc1nccs1)C1CCCCCN1. The van der Waals surface area contributed by atoms with Crippen molar-refractivity contribution < 1.29 is 4.79 Å². The summed E-state index contributed by atoms with van der Waals surface area (Å²) in [6.45, 7) is 0.980. The van der Waals surface area contributed by atoms with Gasteiger partial charge in [0.15, 0.2) is 5.78 Å². The van der Waals surface area contributed by atoms with Crippen LogP contribution < -0.4 is 5.32 Å². The highest BCUT2D eigenvalue weighted by atomic mass is 32.1. The average molecular weight is 224 g/mol. The smallest absolute Gasteiger partial charge is 0.156 e. The molecule has 1 aromatic heterocycles. The van der Waals surface area contributed by atoms with Crippen LogP contribution in [-0.2, 0) is 11.2 Å². The summed E-state index contributed by atoms with van der Waals surface area (Å²) in [4.78, 5) is 16.1. The van der Waals surface area contributed by atoms with Crippen LogP contribution in [0.1, 0.15) is 30.7 Å². The molecule has 1 saturated heterocycles. The summed E-state index contributed by atoms with van der Waals surface area (Å²) in [5, 5.41) is 6.18. The molecule has 1 N–H and O–H groups in total. The van der Waals surface area contributed by atoms with Gasteiger partial charge in [-0.3, -0.25) is 4.79 Å². The van der Waals surface area contributed by atoms with Gasteiger partial charge in [-0.2, -0.15) is 0 Å². The Bertz CT molecular complexity index is 302. The van der Waals surface area contributed by atoms with Crippen molar-refractivity contribution in [2.45, 2.75) is 38.1 Å². The van der Waals surface area contributed by atoms with Crippen LogP contribution in [0.4, 0.5) is 0 Å². The van der Waals surface area contributed by atoms with E-state index in [4.69, 9.17) is 0 Å². The van der Waals surface area contributed by atoms with Gasteiger partial charge in [0, 0.05) is 11.6 Å². The van der Waals surface area contributed by atoms with E-state index in [1.54, 1.807) is 17.5 Å². The lowest BCUT2D eigenvalue weighted by Gasteiger charge is -2.13. The van der Waals surface area contributed by atoms with Crippen molar-refractivity contribution in [1.29, 1.82) is 0 Å². The van der Waals surface area contributed by atoms with Crippen molar-refractivity contribution in [3.8, 4) is 0 Å². The monoisotopic (exact) mass is 224 g/mol. The second kappa shape index (κ2) is 5.37. The van der Waals surface area contributed by atoms with Gasteiger partial charge < -0.3 is 5.32 Å². The Kier molecular flexibility index (Phi) is 3.86. The zero-order chi connectivity index (χ0) is 10.5. The summed E-state index contributed by atoms with van der Waals surface area (Å²) >= 11 is 1.56. The molecule has 82 valence electrons. The fourth-order valence-electron chi connectivity index (χ4n) is 1.92. The molecule has 0 spiro atoms. The van der Waals surface area contributed by atoms with Crippen LogP contribution in [0.5, 0.6) is 0 Å². The minimum atomic E-state index is 0.0661. The van der Waals surface area contributed by atoms with Gasteiger partial charge in [0.25, 0.3) is 0 Å². The van der Waals surface area contributed by atoms with Crippen molar-refractivity contribution in [3.63, 3.8) is 0 Å². The van der Waals surface area contributed by atoms with Gasteiger partial charge in [0.2, 0.25) is 0 Å². The van der Waals surface area contributed by atoms with Crippen molar-refractivity contribution in [3.05, 3.63) is 16.6 Å². The molecule has 0 amide bonds. The summed E-state index contributed by atoms with van der Waals surface area (Å²) < 4.78 is 0. The van der Waals surface area contributed by atoms with Gasteiger partial charge in [-0.05, 0) is 19.4 Å². The first-order valence-electron chi connectivity index (χ1n) is 5.51. The Balaban J connectivity index is 1.89. The normalized spacial score (nSPS) is 22.3. The molecular weight excluding hydrogens is 208 g/mol. The molecule has 1 unspecified atom stereocenters. The van der Waals surface area contributed by atoms with Gasteiger partial charge in [-0.25, -0.2) is 4.98 Å². The molecule has 0 bridgehead atoms. The number of thiazole rings is 1. The van der Waals surface area contributed by atoms with E-state index in [0.717, 1.165) is 18.0 Å².